The average molecular weight is 351 g/mol. The van der Waals surface area contributed by atoms with Crippen LogP contribution in [0.4, 0.5) is 0 Å². The predicted molar refractivity (Wildman–Crippen MR) is 107 cm³/mol. The van der Waals surface area contributed by atoms with Crippen molar-refractivity contribution in [3.05, 3.63) is 54.1 Å². The smallest absolute Gasteiger partial charge is 0.310 e. The molecule has 0 unspecified atom stereocenters. The van der Waals surface area contributed by atoms with Gasteiger partial charge in [0, 0.05) is 6.42 Å². The summed E-state index contributed by atoms with van der Waals surface area (Å²) in [6.45, 7) is 4.10. The molecular formula is C24H30O2. The van der Waals surface area contributed by atoms with Gasteiger partial charge in [-0.05, 0) is 66.3 Å². The minimum atomic E-state index is -0.198. The van der Waals surface area contributed by atoms with Crippen LogP contribution in [0.25, 0.3) is 11.1 Å². The van der Waals surface area contributed by atoms with Gasteiger partial charge in [0.25, 0.3) is 0 Å². The Morgan fingerprint density at radius 3 is 2.35 bits per heavy atom. The zero-order valence-corrected chi connectivity index (χ0v) is 16.0. The van der Waals surface area contributed by atoms with Gasteiger partial charge in [0.15, 0.2) is 0 Å². The fourth-order valence-electron chi connectivity index (χ4n) is 4.08. The second-order valence-corrected chi connectivity index (χ2v) is 7.48. The minimum Gasteiger partial charge on any atom is -0.427 e. The number of rotatable bonds is 6. The monoisotopic (exact) mass is 350 g/mol. The highest BCUT2D eigenvalue weighted by atomic mass is 16.5. The van der Waals surface area contributed by atoms with Gasteiger partial charge >= 0.3 is 5.97 Å². The highest BCUT2D eigenvalue weighted by Crippen LogP contribution is 2.38. The maximum Gasteiger partial charge on any atom is 0.310 e. The molecule has 138 valence electrons. The molecule has 1 aliphatic rings. The number of hydrogen-bond donors (Lipinski definition) is 0. The summed E-state index contributed by atoms with van der Waals surface area (Å²) in [6.07, 6.45) is 8.51. The van der Waals surface area contributed by atoms with Gasteiger partial charge in [-0.3, -0.25) is 4.79 Å². The summed E-state index contributed by atoms with van der Waals surface area (Å²) in [6, 6.07) is 16.8. The molecule has 2 heteroatoms. The van der Waals surface area contributed by atoms with Crippen molar-refractivity contribution in [2.24, 2.45) is 5.92 Å². The van der Waals surface area contributed by atoms with Crippen molar-refractivity contribution in [3.63, 3.8) is 0 Å². The topological polar surface area (TPSA) is 26.3 Å². The van der Waals surface area contributed by atoms with E-state index in [0.717, 1.165) is 11.5 Å². The van der Waals surface area contributed by atoms with E-state index < -0.39 is 0 Å². The third-order valence-corrected chi connectivity index (χ3v) is 5.61. The van der Waals surface area contributed by atoms with E-state index in [1.54, 1.807) is 6.92 Å². The zero-order chi connectivity index (χ0) is 18.4. The molecule has 2 aromatic carbocycles. The van der Waals surface area contributed by atoms with Crippen LogP contribution in [0.1, 0.15) is 70.3 Å². The Morgan fingerprint density at radius 2 is 1.69 bits per heavy atom. The Morgan fingerprint density at radius 1 is 0.962 bits per heavy atom. The van der Waals surface area contributed by atoms with Crippen LogP contribution >= 0.6 is 0 Å². The Hall–Kier alpha value is -2.09. The maximum atomic E-state index is 11.5. The molecular weight excluding hydrogens is 320 g/mol. The predicted octanol–water partition coefficient (Wildman–Crippen LogP) is 6.74. The zero-order valence-electron chi connectivity index (χ0n) is 16.0. The first-order valence-electron chi connectivity index (χ1n) is 10.1. The van der Waals surface area contributed by atoms with Gasteiger partial charge in [0.1, 0.15) is 5.75 Å². The number of hydrogen-bond acceptors (Lipinski definition) is 2. The van der Waals surface area contributed by atoms with E-state index in [0.29, 0.717) is 18.1 Å². The molecule has 2 nitrogen and oxygen atoms in total. The van der Waals surface area contributed by atoms with Crippen LogP contribution in [0.3, 0.4) is 0 Å². The molecule has 0 bridgehead atoms. The van der Waals surface area contributed by atoms with E-state index in [-0.39, 0.29) is 5.97 Å². The van der Waals surface area contributed by atoms with Crippen molar-refractivity contribution in [1.82, 2.24) is 0 Å². The molecule has 0 radical (unpaired) electrons. The second kappa shape index (κ2) is 9.02. The first-order chi connectivity index (χ1) is 12.7. The fraction of sp³-hybridized carbons (Fsp3) is 0.458. The van der Waals surface area contributed by atoms with Crippen molar-refractivity contribution >= 4 is 5.97 Å². The van der Waals surface area contributed by atoms with Crippen LogP contribution in [0.15, 0.2) is 48.5 Å². The van der Waals surface area contributed by atoms with Crippen LogP contribution in [0.5, 0.6) is 5.75 Å². The molecule has 0 spiro atoms. The number of carbonyl (C=O) groups is 1. The first-order valence-corrected chi connectivity index (χ1v) is 10.1. The molecule has 2 aromatic rings. The molecule has 26 heavy (non-hydrogen) atoms. The summed E-state index contributed by atoms with van der Waals surface area (Å²) < 4.78 is 5.34. The number of ether oxygens (including phenoxy) is 1. The van der Waals surface area contributed by atoms with Gasteiger partial charge in [0.2, 0.25) is 0 Å². The van der Waals surface area contributed by atoms with Gasteiger partial charge in [-0.25, -0.2) is 0 Å². The van der Waals surface area contributed by atoms with Crippen LogP contribution in [0.2, 0.25) is 0 Å². The minimum absolute atomic E-state index is 0.198. The van der Waals surface area contributed by atoms with E-state index in [4.69, 9.17) is 4.74 Å². The summed E-state index contributed by atoms with van der Waals surface area (Å²) in [5, 5.41) is 0. The Kier molecular flexibility index (Phi) is 6.49. The Balaban J connectivity index is 1.66. The normalized spacial score (nSPS) is 19.9. The lowest BCUT2D eigenvalue weighted by molar-refractivity contribution is -0.134. The van der Waals surface area contributed by atoms with E-state index in [1.165, 1.54) is 49.7 Å². The molecule has 0 atom stereocenters. The summed E-state index contributed by atoms with van der Waals surface area (Å²) in [5.74, 6) is 2.09. The van der Waals surface area contributed by atoms with E-state index in [2.05, 4.69) is 37.3 Å². The first kappa shape index (κ1) is 18.7. The summed E-state index contributed by atoms with van der Waals surface area (Å²) in [7, 11) is 0. The van der Waals surface area contributed by atoms with Crippen molar-refractivity contribution in [2.45, 2.75) is 64.7 Å². The molecule has 0 aliphatic heterocycles. The summed E-state index contributed by atoms with van der Waals surface area (Å²) in [5.41, 5.74) is 3.73. The largest absolute Gasteiger partial charge is 0.427 e. The number of benzene rings is 2. The Bertz CT molecular complexity index is 709. The molecule has 1 fully saturated rings. The quantitative estimate of drug-likeness (QED) is 0.426. The van der Waals surface area contributed by atoms with Crippen molar-refractivity contribution in [2.75, 3.05) is 0 Å². The van der Waals surface area contributed by atoms with Gasteiger partial charge < -0.3 is 4.74 Å². The lowest BCUT2D eigenvalue weighted by atomic mass is 9.77. The molecule has 3 rings (SSSR count). The molecule has 0 saturated heterocycles. The molecule has 0 aromatic heterocycles. The highest BCUT2D eigenvalue weighted by Gasteiger charge is 2.21. The third kappa shape index (κ3) is 4.75. The molecule has 0 amide bonds. The SMILES string of the molecule is CCCC1CCC(c2ccc(-c3cccc(OC(=O)CC)c3)cc2)CC1. The Labute approximate surface area is 157 Å². The van der Waals surface area contributed by atoms with E-state index in [9.17, 15) is 4.79 Å². The standard InChI is InChI=1S/C24H30O2/c1-3-6-18-9-11-19(12-10-18)20-13-15-21(16-14-20)22-7-5-8-23(17-22)26-24(25)4-2/h5,7-8,13-19H,3-4,6,9-12H2,1-2H3. The van der Waals surface area contributed by atoms with E-state index in [1.807, 2.05) is 18.2 Å². The highest BCUT2D eigenvalue weighted by molar-refractivity contribution is 5.73. The van der Waals surface area contributed by atoms with Crippen LogP contribution < -0.4 is 4.74 Å². The van der Waals surface area contributed by atoms with E-state index >= 15 is 0 Å². The van der Waals surface area contributed by atoms with Crippen LogP contribution in [0, 0.1) is 5.92 Å². The summed E-state index contributed by atoms with van der Waals surface area (Å²) in [4.78, 5) is 11.5. The average Bonchev–Trinajstić information content (AvgIpc) is 2.69. The fourth-order valence-corrected chi connectivity index (χ4v) is 4.08. The maximum absolute atomic E-state index is 11.5. The van der Waals surface area contributed by atoms with Crippen molar-refractivity contribution in [3.8, 4) is 16.9 Å². The molecule has 1 aliphatic carbocycles. The van der Waals surface area contributed by atoms with Gasteiger partial charge in [-0.15, -0.1) is 0 Å². The number of esters is 1. The van der Waals surface area contributed by atoms with Crippen LogP contribution in [-0.2, 0) is 4.79 Å². The van der Waals surface area contributed by atoms with Crippen molar-refractivity contribution in [1.29, 1.82) is 0 Å². The molecule has 0 N–H and O–H groups in total. The molecule has 0 heterocycles. The van der Waals surface area contributed by atoms with Gasteiger partial charge in [0.05, 0.1) is 0 Å². The second-order valence-electron chi connectivity index (χ2n) is 7.48. The third-order valence-electron chi connectivity index (χ3n) is 5.61. The molecule has 1 saturated carbocycles. The van der Waals surface area contributed by atoms with Gasteiger partial charge in [-0.1, -0.05) is 63.1 Å². The lowest BCUT2D eigenvalue weighted by Crippen LogP contribution is -2.13. The van der Waals surface area contributed by atoms with Crippen molar-refractivity contribution < 1.29 is 9.53 Å². The lowest BCUT2D eigenvalue weighted by Gasteiger charge is -2.28. The van der Waals surface area contributed by atoms with Gasteiger partial charge in [-0.2, -0.15) is 0 Å². The number of carbonyl (C=O) groups excluding carboxylic acids is 1. The summed E-state index contributed by atoms with van der Waals surface area (Å²) >= 11 is 0. The van der Waals surface area contributed by atoms with Crippen LogP contribution in [-0.4, -0.2) is 5.97 Å².